The van der Waals surface area contributed by atoms with Gasteiger partial charge in [-0.15, -0.1) is 0 Å². The lowest BCUT2D eigenvalue weighted by Gasteiger charge is -2.50. The van der Waals surface area contributed by atoms with Gasteiger partial charge in [0.1, 0.15) is 55.9 Å². The molecule has 0 radical (unpaired) electrons. The van der Waals surface area contributed by atoms with Gasteiger partial charge in [-0.3, -0.25) is 52.7 Å². The first-order valence-electron chi connectivity index (χ1n) is 25.6. The highest BCUT2D eigenvalue weighted by Crippen LogP contribution is 2.38. The molecule has 0 spiro atoms. The first-order chi connectivity index (χ1) is 37.8. The maximum atomic E-state index is 13.1. The Hall–Kier alpha value is -6.80. The zero-order chi connectivity index (χ0) is 60.9. The van der Waals surface area contributed by atoms with Crippen LogP contribution in [0, 0.1) is 0 Å². The van der Waals surface area contributed by atoms with Crippen molar-refractivity contribution in [3.8, 4) is 0 Å². The van der Waals surface area contributed by atoms with Crippen LogP contribution in [-0.4, -0.2) is 209 Å². The molecule has 0 aromatic rings. The highest BCUT2D eigenvalue weighted by Gasteiger charge is 2.60. The second-order valence-corrected chi connectivity index (χ2v) is 19.4. The van der Waals surface area contributed by atoms with Gasteiger partial charge in [0.2, 0.25) is 5.91 Å². The van der Waals surface area contributed by atoms with Crippen molar-refractivity contribution in [3.05, 3.63) is 0 Å². The zero-order valence-electron chi connectivity index (χ0n) is 47.4. The van der Waals surface area contributed by atoms with Crippen LogP contribution in [0.2, 0.25) is 0 Å². The number of carbonyl (C=O) groups excluding carboxylic acids is 12. The fraction of sp³-hybridized carbons (Fsp3) is 0.760. The van der Waals surface area contributed by atoms with Crippen LogP contribution < -0.4 is 10.6 Å². The molecule has 6 unspecified atom stereocenters. The summed E-state index contributed by atoms with van der Waals surface area (Å²) in [5.74, 6) is -10.1. The zero-order valence-corrected chi connectivity index (χ0v) is 47.4. The van der Waals surface area contributed by atoms with Gasteiger partial charge in [0, 0.05) is 88.7 Å². The van der Waals surface area contributed by atoms with Gasteiger partial charge in [0.05, 0.1) is 6.61 Å². The molecule has 3 saturated heterocycles. The van der Waals surface area contributed by atoms with Crippen molar-refractivity contribution in [1.82, 2.24) is 10.6 Å². The van der Waals surface area contributed by atoms with E-state index in [4.69, 9.17) is 80.5 Å². The van der Waals surface area contributed by atoms with Crippen LogP contribution in [0.3, 0.4) is 0 Å². The lowest BCUT2D eigenvalue weighted by atomic mass is 9.95. The van der Waals surface area contributed by atoms with Gasteiger partial charge in [-0.2, -0.15) is 0 Å². The first-order valence-corrected chi connectivity index (χ1v) is 25.6. The Morgan fingerprint density at radius 1 is 0.383 bits per heavy atom. The third kappa shape index (κ3) is 24.1. The van der Waals surface area contributed by atoms with Crippen molar-refractivity contribution in [2.75, 3.05) is 39.5 Å². The molecule has 0 saturated carbocycles. The number of amides is 2. The van der Waals surface area contributed by atoms with Crippen LogP contribution in [0.25, 0.3) is 0 Å². The van der Waals surface area contributed by atoms with E-state index in [-0.39, 0.29) is 32.5 Å². The Labute approximate surface area is 466 Å². The van der Waals surface area contributed by atoms with E-state index >= 15 is 0 Å². The van der Waals surface area contributed by atoms with Crippen LogP contribution in [0.1, 0.15) is 109 Å². The summed E-state index contributed by atoms with van der Waals surface area (Å²) in [7, 11) is 0. The first kappa shape index (κ1) is 68.5. The molecule has 31 nitrogen and oxygen atoms in total. The van der Waals surface area contributed by atoms with Crippen LogP contribution >= 0.6 is 0 Å². The Morgan fingerprint density at radius 3 is 1.07 bits per heavy atom. The summed E-state index contributed by atoms with van der Waals surface area (Å²) in [5.41, 5.74) is -0.695. The molecular formula is C50H74N2O29. The Kier molecular flexibility index (Phi) is 27.6. The SMILES string of the molecule is CC(=O)OCC1O[C@@H](O[C@H]2C(COC(C)=O)O[C@@H](O[C@H]3C(COC(C)=O)O[C@@H](OCCCC(=O)NCCCNC(=O)OC(C)(C)C)C(OC(C)=O)[C@H]3OC(C)=O)C(OC(C)=O)[C@H]2OC(C)=O)C(OC(C)=O)[C@@H](OC(C)=O)[C@H]1OC(C)=O. The summed E-state index contributed by atoms with van der Waals surface area (Å²) in [5, 5.41) is 5.29. The van der Waals surface area contributed by atoms with Gasteiger partial charge >= 0.3 is 65.8 Å². The van der Waals surface area contributed by atoms with E-state index in [1.807, 2.05) is 0 Å². The van der Waals surface area contributed by atoms with E-state index in [1.54, 1.807) is 20.8 Å². The molecule has 458 valence electrons. The van der Waals surface area contributed by atoms with Crippen molar-refractivity contribution in [2.24, 2.45) is 0 Å². The number of nitrogens with one attached hydrogen (secondary N) is 2. The second-order valence-electron chi connectivity index (χ2n) is 19.4. The van der Waals surface area contributed by atoms with Crippen LogP contribution in [0.4, 0.5) is 4.79 Å². The van der Waals surface area contributed by atoms with Crippen LogP contribution in [0.15, 0.2) is 0 Å². The lowest BCUT2D eigenvalue weighted by molar-refractivity contribution is -0.380. The lowest BCUT2D eigenvalue weighted by Crippen LogP contribution is -2.69. The van der Waals surface area contributed by atoms with E-state index in [2.05, 4.69) is 10.6 Å². The van der Waals surface area contributed by atoms with Gasteiger partial charge in [0.25, 0.3) is 0 Å². The molecule has 3 aliphatic heterocycles. The number of ether oxygens (including phenoxy) is 17. The summed E-state index contributed by atoms with van der Waals surface area (Å²) in [4.78, 5) is 151. The van der Waals surface area contributed by atoms with Gasteiger partial charge < -0.3 is 91.2 Å². The minimum absolute atomic E-state index is 0.0451. The summed E-state index contributed by atoms with van der Waals surface area (Å²) in [6, 6.07) is 0. The number of hydrogen-bond donors (Lipinski definition) is 2. The normalized spacial score (nSPS) is 28.0. The summed E-state index contributed by atoms with van der Waals surface area (Å²) in [6.07, 6.45) is -27.4. The van der Waals surface area contributed by atoms with Gasteiger partial charge in [-0.05, 0) is 33.6 Å². The van der Waals surface area contributed by atoms with E-state index in [9.17, 15) is 57.5 Å². The van der Waals surface area contributed by atoms with Crippen molar-refractivity contribution in [2.45, 2.75) is 207 Å². The van der Waals surface area contributed by atoms with Gasteiger partial charge in [0.15, 0.2) is 61.6 Å². The number of carbonyl (C=O) groups is 12. The molecule has 3 aliphatic rings. The number of esters is 10. The molecule has 31 heteroatoms. The standard InChI is InChI=1S/C50H74N2O29/c1-23(53)66-20-33-37(69-26(4)56)40(70-27(5)57)44(74-31(9)61)47(77-33)80-39-35(22-68-25(3)55)78-48(45(75-32(10)62)42(39)72-29(7)59)79-38-34(21-67-24(2)54)76-46(43(73-30(8)60)41(38)71-28(6)58)65-19-14-16-36(63)51-17-15-18-52-49(64)81-50(11,12)13/h33-35,37-48H,14-22H2,1-13H3,(H,51,63)(H,52,64)/t33?,34?,35?,37-,38-,39-,40-,41-,42-,43?,44?,45?,46+,47-,48-/m0/s1. The minimum Gasteiger partial charge on any atom is -0.463 e. The molecule has 3 fully saturated rings. The van der Waals surface area contributed by atoms with E-state index < -0.39 is 189 Å². The highest BCUT2D eigenvalue weighted by atomic mass is 16.8. The van der Waals surface area contributed by atoms with Crippen molar-refractivity contribution < 1.29 is 138 Å². The average Bonchev–Trinajstić information content (AvgIpc) is 3.33. The summed E-state index contributed by atoms with van der Waals surface area (Å²) >= 11 is 0. The molecule has 0 aromatic heterocycles. The monoisotopic (exact) mass is 1170 g/mol. The van der Waals surface area contributed by atoms with Gasteiger partial charge in [-0.25, -0.2) is 4.79 Å². The third-order valence-electron chi connectivity index (χ3n) is 11.0. The molecule has 2 N–H and O–H groups in total. The minimum atomic E-state index is -2.07. The van der Waals surface area contributed by atoms with Crippen molar-refractivity contribution in [3.63, 3.8) is 0 Å². The van der Waals surface area contributed by atoms with E-state index in [0.29, 0.717) is 6.42 Å². The van der Waals surface area contributed by atoms with E-state index in [1.165, 1.54) is 0 Å². The maximum absolute atomic E-state index is 13.1. The smallest absolute Gasteiger partial charge is 0.407 e. The number of alkyl carbamates (subject to hydrolysis) is 1. The topological polar surface area (TPSA) is 386 Å². The predicted octanol–water partition coefficient (Wildman–Crippen LogP) is -0.0295. The van der Waals surface area contributed by atoms with Crippen LogP contribution in [-0.2, 0) is 133 Å². The second kappa shape index (κ2) is 32.6. The quantitative estimate of drug-likeness (QED) is 0.0652. The maximum Gasteiger partial charge on any atom is 0.407 e. The van der Waals surface area contributed by atoms with Gasteiger partial charge in [-0.1, -0.05) is 0 Å². The fourth-order valence-electron chi connectivity index (χ4n) is 8.23. The highest BCUT2D eigenvalue weighted by molar-refractivity contribution is 5.76. The molecule has 3 heterocycles. The van der Waals surface area contributed by atoms with Crippen LogP contribution in [0.5, 0.6) is 0 Å². The molecule has 2 amide bonds. The Bertz CT molecular complexity index is 2220. The predicted molar refractivity (Wildman–Crippen MR) is 262 cm³/mol. The average molecular weight is 1170 g/mol. The fourth-order valence-corrected chi connectivity index (χ4v) is 8.23. The Balaban J connectivity index is 2.12. The summed E-state index contributed by atoms with van der Waals surface area (Å²) < 4.78 is 98.0. The molecule has 81 heavy (non-hydrogen) atoms. The molecule has 0 bridgehead atoms. The largest absolute Gasteiger partial charge is 0.463 e. The molecular weight excluding hydrogens is 1090 g/mol. The molecule has 15 atom stereocenters. The molecule has 0 aliphatic carbocycles. The summed E-state index contributed by atoms with van der Waals surface area (Å²) in [6.45, 7) is 13.0. The molecule has 3 rings (SSSR count). The molecule has 0 aromatic carbocycles. The number of hydrogen-bond acceptors (Lipinski definition) is 29. The van der Waals surface area contributed by atoms with Crippen molar-refractivity contribution >= 4 is 71.7 Å². The third-order valence-corrected chi connectivity index (χ3v) is 11.0. The van der Waals surface area contributed by atoms with E-state index in [0.717, 1.165) is 69.2 Å². The number of rotatable bonds is 26. The van der Waals surface area contributed by atoms with Crippen molar-refractivity contribution in [1.29, 1.82) is 0 Å². The Morgan fingerprint density at radius 2 is 0.704 bits per heavy atom.